The van der Waals surface area contributed by atoms with Crippen molar-refractivity contribution < 1.29 is 4.79 Å². The fourth-order valence-corrected chi connectivity index (χ4v) is 2.42. The maximum absolute atomic E-state index is 12.1. The quantitative estimate of drug-likeness (QED) is 0.562. The van der Waals surface area contributed by atoms with Crippen LogP contribution in [-0.2, 0) is 6.54 Å². The van der Waals surface area contributed by atoms with Crippen molar-refractivity contribution in [2.45, 2.75) is 13.5 Å². The molecule has 25 heavy (non-hydrogen) atoms. The molecule has 1 N–H and O–H groups in total. The number of halogens is 1. The molecule has 0 aliphatic carbocycles. The van der Waals surface area contributed by atoms with Crippen molar-refractivity contribution in [1.29, 1.82) is 0 Å². The van der Waals surface area contributed by atoms with E-state index in [2.05, 4.69) is 15.6 Å². The van der Waals surface area contributed by atoms with Crippen molar-refractivity contribution >= 4 is 23.7 Å². The molecular formula is C19H17ClN4O. The lowest BCUT2D eigenvalue weighted by atomic mass is 10.1. The number of carbonyl (C=O) groups is 1. The van der Waals surface area contributed by atoms with Crippen LogP contribution in [0, 0.1) is 6.92 Å². The van der Waals surface area contributed by atoms with Crippen molar-refractivity contribution in [1.82, 2.24) is 15.2 Å². The molecule has 5 nitrogen and oxygen atoms in total. The van der Waals surface area contributed by atoms with Gasteiger partial charge in [-0.05, 0) is 41.8 Å². The van der Waals surface area contributed by atoms with Crippen LogP contribution >= 0.6 is 11.6 Å². The molecule has 0 saturated carbocycles. The fraction of sp³-hybridized carbons (Fsp3) is 0.105. The lowest BCUT2D eigenvalue weighted by Crippen LogP contribution is -2.18. The zero-order chi connectivity index (χ0) is 17.6. The predicted molar refractivity (Wildman–Crippen MR) is 99.0 cm³/mol. The Morgan fingerprint density at radius 1 is 1.20 bits per heavy atom. The van der Waals surface area contributed by atoms with Gasteiger partial charge in [-0.3, -0.25) is 9.48 Å². The van der Waals surface area contributed by atoms with Gasteiger partial charge in [0, 0.05) is 11.2 Å². The molecule has 0 bridgehead atoms. The molecule has 1 heterocycles. The normalized spacial score (nSPS) is 11.0. The van der Waals surface area contributed by atoms with E-state index >= 15 is 0 Å². The average Bonchev–Trinajstić information content (AvgIpc) is 3.07. The number of aromatic nitrogens is 2. The Balaban J connectivity index is 1.60. The van der Waals surface area contributed by atoms with Gasteiger partial charge in [0.15, 0.2) is 5.69 Å². The molecule has 0 saturated heterocycles. The highest BCUT2D eigenvalue weighted by molar-refractivity contribution is 6.30. The van der Waals surface area contributed by atoms with Gasteiger partial charge in [0.05, 0.1) is 12.8 Å². The van der Waals surface area contributed by atoms with E-state index in [1.165, 1.54) is 0 Å². The summed E-state index contributed by atoms with van der Waals surface area (Å²) in [7, 11) is 0. The zero-order valence-corrected chi connectivity index (χ0v) is 14.4. The van der Waals surface area contributed by atoms with Crippen LogP contribution < -0.4 is 5.43 Å². The third kappa shape index (κ3) is 4.55. The molecule has 3 rings (SSSR count). The first-order chi connectivity index (χ1) is 12.1. The number of aryl methyl sites for hydroxylation is 1. The lowest BCUT2D eigenvalue weighted by molar-refractivity contribution is 0.0949. The maximum Gasteiger partial charge on any atom is 0.291 e. The topological polar surface area (TPSA) is 59.3 Å². The molecule has 3 aromatic rings. The zero-order valence-electron chi connectivity index (χ0n) is 13.7. The van der Waals surface area contributed by atoms with E-state index in [0.717, 1.165) is 16.7 Å². The highest BCUT2D eigenvalue weighted by Gasteiger charge is 2.08. The predicted octanol–water partition coefficient (Wildman–Crippen LogP) is 3.66. The fourth-order valence-electron chi connectivity index (χ4n) is 2.30. The number of amides is 1. The Hall–Kier alpha value is -2.92. The molecule has 1 aromatic heterocycles. The van der Waals surface area contributed by atoms with Crippen LogP contribution in [0.25, 0.3) is 0 Å². The minimum absolute atomic E-state index is 0.316. The number of benzene rings is 2. The van der Waals surface area contributed by atoms with E-state index < -0.39 is 0 Å². The number of hydrazone groups is 1. The second-order valence-electron chi connectivity index (χ2n) is 5.58. The van der Waals surface area contributed by atoms with Gasteiger partial charge in [-0.25, -0.2) is 5.43 Å². The average molecular weight is 353 g/mol. The number of carbonyl (C=O) groups excluding carboxylic acids is 1. The largest absolute Gasteiger partial charge is 0.291 e. The number of hydrogen-bond donors (Lipinski definition) is 1. The summed E-state index contributed by atoms with van der Waals surface area (Å²) in [6.45, 7) is 2.55. The van der Waals surface area contributed by atoms with Crippen LogP contribution in [0.5, 0.6) is 0 Å². The van der Waals surface area contributed by atoms with Gasteiger partial charge in [0.25, 0.3) is 5.91 Å². The maximum atomic E-state index is 12.1. The number of nitrogens with one attached hydrogen (secondary N) is 1. The van der Waals surface area contributed by atoms with Crippen LogP contribution in [0.3, 0.4) is 0 Å². The van der Waals surface area contributed by atoms with Crippen LogP contribution in [0.4, 0.5) is 0 Å². The molecule has 0 fully saturated rings. The molecule has 0 aliphatic rings. The van der Waals surface area contributed by atoms with E-state index in [9.17, 15) is 4.79 Å². The summed E-state index contributed by atoms with van der Waals surface area (Å²) in [5.41, 5.74) is 5.91. The van der Waals surface area contributed by atoms with Crippen molar-refractivity contribution in [3.8, 4) is 0 Å². The third-order valence-electron chi connectivity index (χ3n) is 3.69. The lowest BCUT2D eigenvalue weighted by Gasteiger charge is -2.02. The summed E-state index contributed by atoms with van der Waals surface area (Å²) < 4.78 is 1.70. The second kappa shape index (κ2) is 7.77. The highest BCUT2D eigenvalue weighted by Crippen LogP contribution is 2.10. The summed E-state index contributed by atoms with van der Waals surface area (Å²) in [6.07, 6.45) is 3.38. The third-order valence-corrected chi connectivity index (χ3v) is 3.94. The van der Waals surface area contributed by atoms with E-state index in [1.54, 1.807) is 23.2 Å². The first kappa shape index (κ1) is 16.9. The van der Waals surface area contributed by atoms with E-state index in [-0.39, 0.29) is 5.91 Å². The van der Waals surface area contributed by atoms with Gasteiger partial charge in [-0.2, -0.15) is 10.2 Å². The Labute approximate surface area is 150 Å². The molecule has 0 spiro atoms. The van der Waals surface area contributed by atoms with Crippen LogP contribution in [0.15, 0.2) is 65.9 Å². The minimum atomic E-state index is -0.348. The Morgan fingerprint density at radius 2 is 1.96 bits per heavy atom. The molecule has 126 valence electrons. The number of hydrogen-bond acceptors (Lipinski definition) is 3. The van der Waals surface area contributed by atoms with Gasteiger partial charge in [-0.1, -0.05) is 48.0 Å². The minimum Gasteiger partial charge on any atom is -0.268 e. The van der Waals surface area contributed by atoms with Crippen LogP contribution in [-0.4, -0.2) is 21.9 Å². The summed E-state index contributed by atoms with van der Waals surface area (Å²) in [5, 5.41) is 8.95. The Morgan fingerprint density at radius 3 is 2.72 bits per heavy atom. The Kier molecular flexibility index (Phi) is 5.26. The monoisotopic (exact) mass is 352 g/mol. The molecular weight excluding hydrogens is 336 g/mol. The molecule has 0 atom stereocenters. The number of rotatable bonds is 5. The second-order valence-corrected chi connectivity index (χ2v) is 6.02. The van der Waals surface area contributed by atoms with Gasteiger partial charge < -0.3 is 0 Å². The van der Waals surface area contributed by atoms with Crippen LogP contribution in [0.1, 0.15) is 27.2 Å². The summed E-state index contributed by atoms with van der Waals surface area (Å²) in [4.78, 5) is 12.1. The van der Waals surface area contributed by atoms with Crippen molar-refractivity contribution in [2.24, 2.45) is 5.10 Å². The standard InChI is InChI=1S/C19H17ClN4O/c1-14-4-2-3-5-16(14)12-21-22-19(25)18-10-11-24(23-18)13-15-6-8-17(20)9-7-15/h2-12H,13H2,1H3,(H,22,25)/b21-12-. The van der Waals surface area contributed by atoms with Crippen molar-refractivity contribution in [2.75, 3.05) is 0 Å². The van der Waals surface area contributed by atoms with E-state index in [1.807, 2.05) is 55.5 Å². The molecule has 6 heteroatoms. The number of nitrogens with zero attached hydrogens (tertiary/aromatic N) is 3. The smallest absolute Gasteiger partial charge is 0.268 e. The summed E-state index contributed by atoms with van der Waals surface area (Å²) >= 11 is 5.87. The van der Waals surface area contributed by atoms with Crippen LogP contribution in [0.2, 0.25) is 5.02 Å². The molecule has 0 aliphatic heterocycles. The molecule has 0 unspecified atom stereocenters. The SMILES string of the molecule is Cc1ccccc1/C=N\NC(=O)c1ccn(Cc2ccc(Cl)cc2)n1. The van der Waals surface area contributed by atoms with Gasteiger partial charge in [0.1, 0.15) is 0 Å². The summed E-state index contributed by atoms with van der Waals surface area (Å²) in [6, 6.07) is 17.0. The molecule has 0 radical (unpaired) electrons. The molecule has 2 aromatic carbocycles. The van der Waals surface area contributed by atoms with Gasteiger partial charge in [0.2, 0.25) is 0 Å². The first-order valence-corrected chi connectivity index (χ1v) is 8.16. The van der Waals surface area contributed by atoms with Crippen molar-refractivity contribution in [3.63, 3.8) is 0 Å². The highest BCUT2D eigenvalue weighted by atomic mass is 35.5. The molecule has 1 amide bonds. The van der Waals surface area contributed by atoms with E-state index in [4.69, 9.17) is 11.6 Å². The first-order valence-electron chi connectivity index (χ1n) is 7.79. The van der Waals surface area contributed by atoms with Gasteiger partial charge >= 0.3 is 0 Å². The van der Waals surface area contributed by atoms with Gasteiger partial charge in [-0.15, -0.1) is 0 Å². The van der Waals surface area contributed by atoms with E-state index in [0.29, 0.717) is 17.3 Å². The van der Waals surface area contributed by atoms with Crippen molar-refractivity contribution in [3.05, 3.63) is 88.2 Å². The Bertz CT molecular complexity index is 900. The summed E-state index contributed by atoms with van der Waals surface area (Å²) in [5.74, 6) is -0.348.